The normalized spacial score (nSPS) is 15.3. The highest BCUT2D eigenvalue weighted by atomic mass is 16.2. The highest BCUT2D eigenvalue weighted by Gasteiger charge is 2.23. The Balaban J connectivity index is 1.64. The Morgan fingerprint density at radius 3 is 2.33 bits per heavy atom. The molecule has 1 amide bonds. The molecule has 1 aromatic heterocycles. The number of amides is 1. The Bertz CT molecular complexity index is 624. The number of imidazole rings is 1. The highest BCUT2D eigenvalue weighted by Crippen LogP contribution is 2.15. The second-order valence-corrected chi connectivity index (χ2v) is 5.48. The topological polar surface area (TPSA) is 41.4 Å². The molecule has 0 unspecified atom stereocenters. The van der Waals surface area contributed by atoms with Crippen LogP contribution < -0.4 is 4.90 Å². The minimum Gasteiger partial charge on any atom is -0.339 e. The van der Waals surface area contributed by atoms with Crippen LogP contribution >= 0.6 is 0 Å². The third-order valence-electron chi connectivity index (χ3n) is 3.94. The first-order chi connectivity index (χ1) is 10.1. The summed E-state index contributed by atoms with van der Waals surface area (Å²) in [4.78, 5) is 21.0. The van der Waals surface area contributed by atoms with Gasteiger partial charge in [-0.2, -0.15) is 0 Å². The summed E-state index contributed by atoms with van der Waals surface area (Å²) < 4.78 is 2.01. The summed E-state index contributed by atoms with van der Waals surface area (Å²) in [7, 11) is 1.99. The Morgan fingerprint density at radius 1 is 1.10 bits per heavy atom. The van der Waals surface area contributed by atoms with Gasteiger partial charge in [-0.25, -0.2) is 4.98 Å². The van der Waals surface area contributed by atoms with Gasteiger partial charge in [0.15, 0.2) is 0 Å². The van der Waals surface area contributed by atoms with Crippen LogP contribution in [0.25, 0.3) is 0 Å². The smallest absolute Gasteiger partial charge is 0.253 e. The molecule has 1 aromatic carbocycles. The molecule has 5 nitrogen and oxygen atoms in total. The molecule has 1 aliphatic heterocycles. The molecule has 0 N–H and O–H groups in total. The SMILES string of the molecule is Cc1ccc(C(=O)N2CCN(c3nccn3C)CC2)cc1. The van der Waals surface area contributed by atoms with Gasteiger partial charge in [0.1, 0.15) is 0 Å². The Labute approximate surface area is 124 Å². The van der Waals surface area contributed by atoms with Gasteiger partial charge in [0, 0.05) is 51.2 Å². The van der Waals surface area contributed by atoms with Gasteiger partial charge in [0.05, 0.1) is 0 Å². The second-order valence-electron chi connectivity index (χ2n) is 5.48. The number of aromatic nitrogens is 2. The first-order valence-electron chi connectivity index (χ1n) is 7.23. The van der Waals surface area contributed by atoms with Crippen molar-refractivity contribution in [3.63, 3.8) is 0 Å². The number of aryl methyl sites for hydroxylation is 2. The number of benzene rings is 1. The van der Waals surface area contributed by atoms with Crippen molar-refractivity contribution in [2.45, 2.75) is 6.92 Å². The van der Waals surface area contributed by atoms with E-state index in [1.54, 1.807) is 6.20 Å². The number of piperazine rings is 1. The fraction of sp³-hybridized carbons (Fsp3) is 0.375. The molecule has 0 atom stereocenters. The molecular weight excluding hydrogens is 264 g/mol. The van der Waals surface area contributed by atoms with E-state index >= 15 is 0 Å². The van der Waals surface area contributed by atoms with Crippen molar-refractivity contribution in [2.75, 3.05) is 31.1 Å². The van der Waals surface area contributed by atoms with E-state index < -0.39 is 0 Å². The van der Waals surface area contributed by atoms with Gasteiger partial charge in [-0.3, -0.25) is 4.79 Å². The van der Waals surface area contributed by atoms with E-state index in [-0.39, 0.29) is 5.91 Å². The van der Waals surface area contributed by atoms with Crippen molar-refractivity contribution < 1.29 is 4.79 Å². The van der Waals surface area contributed by atoms with E-state index in [9.17, 15) is 4.79 Å². The summed E-state index contributed by atoms with van der Waals surface area (Å²) in [6, 6.07) is 7.78. The molecule has 3 rings (SSSR count). The first-order valence-corrected chi connectivity index (χ1v) is 7.23. The van der Waals surface area contributed by atoms with Crippen LogP contribution in [0.3, 0.4) is 0 Å². The van der Waals surface area contributed by atoms with Crippen molar-refractivity contribution in [1.29, 1.82) is 0 Å². The highest BCUT2D eigenvalue weighted by molar-refractivity contribution is 5.94. The summed E-state index contributed by atoms with van der Waals surface area (Å²) in [6.45, 7) is 5.14. The lowest BCUT2D eigenvalue weighted by atomic mass is 10.1. The molecule has 0 bridgehead atoms. The van der Waals surface area contributed by atoms with Gasteiger partial charge in [0.25, 0.3) is 5.91 Å². The fourth-order valence-electron chi connectivity index (χ4n) is 2.65. The predicted octanol–water partition coefficient (Wildman–Crippen LogP) is 1.69. The maximum Gasteiger partial charge on any atom is 0.253 e. The summed E-state index contributed by atoms with van der Waals surface area (Å²) in [5, 5.41) is 0. The standard InChI is InChI=1S/C16H20N4O/c1-13-3-5-14(6-4-13)15(21)19-9-11-20(12-10-19)16-17-7-8-18(16)2/h3-8H,9-12H2,1-2H3. The number of carbonyl (C=O) groups excluding carboxylic acids is 1. The van der Waals surface area contributed by atoms with Crippen LogP contribution in [-0.4, -0.2) is 46.5 Å². The van der Waals surface area contributed by atoms with Crippen LogP contribution in [0.4, 0.5) is 5.95 Å². The molecule has 5 heteroatoms. The molecule has 21 heavy (non-hydrogen) atoms. The molecule has 0 radical (unpaired) electrons. The maximum atomic E-state index is 12.5. The van der Waals surface area contributed by atoms with Crippen LogP contribution in [0.1, 0.15) is 15.9 Å². The number of anilines is 1. The molecule has 0 saturated carbocycles. The second kappa shape index (κ2) is 5.60. The van der Waals surface area contributed by atoms with Crippen LogP contribution in [0.15, 0.2) is 36.7 Å². The number of hydrogen-bond acceptors (Lipinski definition) is 3. The van der Waals surface area contributed by atoms with E-state index in [4.69, 9.17) is 0 Å². The maximum absolute atomic E-state index is 12.5. The summed E-state index contributed by atoms with van der Waals surface area (Å²) in [5.41, 5.74) is 1.94. The molecule has 110 valence electrons. The number of rotatable bonds is 2. The molecular formula is C16H20N4O. The minimum absolute atomic E-state index is 0.120. The number of nitrogens with zero attached hydrogens (tertiary/aromatic N) is 4. The fourth-order valence-corrected chi connectivity index (χ4v) is 2.65. The van der Waals surface area contributed by atoms with E-state index in [0.29, 0.717) is 0 Å². The number of carbonyl (C=O) groups is 1. The van der Waals surface area contributed by atoms with Crippen LogP contribution in [0.5, 0.6) is 0 Å². The van der Waals surface area contributed by atoms with Crippen molar-refractivity contribution in [2.24, 2.45) is 7.05 Å². The lowest BCUT2D eigenvalue weighted by Crippen LogP contribution is -2.49. The van der Waals surface area contributed by atoms with Crippen LogP contribution in [0, 0.1) is 6.92 Å². The average Bonchev–Trinajstić information content (AvgIpc) is 2.94. The molecule has 2 aromatic rings. The zero-order chi connectivity index (χ0) is 14.8. The number of hydrogen-bond donors (Lipinski definition) is 0. The van der Waals surface area contributed by atoms with E-state index in [1.165, 1.54) is 5.56 Å². The minimum atomic E-state index is 0.120. The summed E-state index contributed by atoms with van der Waals surface area (Å²) >= 11 is 0. The van der Waals surface area contributed by atoms with E-state index in [1.807, 2.05) is 53.9 Å². The van der Waals surface area contributed by atoms with Gasteiger partial charge < -0.3 is 14.4 Å². The molecule has 1 fully saturated rings. The zero-order valence-corrected chi connectivity index (χ0v) is 12.5. The van der Waals surface area contributed by atoms with Crippen molar-refractivity contribution in [1.82, 2.24) is 14.5 Å². The van der Waals surface area contributed by atoms with Gasteiger partial charge in [0.2, 0.25) is 5.95 Å². The average molecular weight is 284 g/mol. The third-order valence-corrected chi connectivity index (χ3v) is 3.94. The predicted molar refractivity (Wildman–Crippen MR) is 82.5 cm³/mol. The van der Waals surface area contributed by atoms with Crippen LogP contribution in [-0.2, 0) is 7.05 Å². The van der Waals surface area contributed by atoms with Crippen molar-refractivity contribution in [3.05, 3.63) is 47.8 Å². The van der Waals surface area contributed by atoms with Gasteiger partial charge >= 0.3 is 0 Å². The van der Waals surface area contributed by atoms with Crippen molar-refractivity contribution in [3.8, 4) is 0 Å². The van der Waals surface area contributed by atoms with Crippen molar-refractivity contribution >= 4 is 11.9 Å². The Hall–Kier alpha value is -2.30. The Kier molecular flexibility index (Phi) is 3.64. The third kappa shape index (κ3) is 2.77. The largest absolute Gasteiger partial charge is 0.339 e. The van der Waals surface area contributed by atoms with Gasteiger partial charge in [-0.05, 0) is 19.1 Å². The lowest BCUT2D eigenvalue weighted by Gasteiger charge is -2.35. The zero-order valence-electron chi connectivity index (χ0n) is 12.5. The monoisotopic (exact) mass is 284 g/mol. The molecule has 1 aliphatic rings. The quantitative estimate of drug-likeness (QED) is 0.842. The van der Waals surface area contributed by atoms with E-state index in [0.717, 1.165) is 37.7 Å². The van der Waals surface area contributed by atoms with Gasteiger partial charge in [-0.15, -0.1) is 0 Å². The van der Waals surface area contributed by atoms with E-state index in [2.05, 4.69) is 9.88 Å². The lowest BCUT2D eigenvalue weighted by molar-refractivity contribution is 0.0746. The Morgan fingerprint density at radius 2 is 1.76 bits per heavy atom. The molecule has 2 heterocycles. The van der Waals surface area contributed by atoms with Gasteiger partial charge in [-0.1, -0.05) is 17.7 Å². The first kappa shape index (κ1) is 13.7. The van der Waals surface area contributed by atoms with Crippen LogP contribution in [0.2, 0.25) is 0 Å². The summed E-state index contributed by atoms with van der Waals surface area (Å²) in [5.74, 6) is 1.09. The molecule has 0 spiro atoms. The molecule has 0 aliphatic carbocycles. The summed E-state index contributed by atoms with van der Waals surface area (Å²) in [6.07, 6.45) is 3.75. The molecule has 1 saturated heterocycles.